The summed E-state index contributed by atoms with van der Waals surface area (Å²) in [6.45, 7) is 0.942. The van der Waals surface area contributed by atoms with Crippen molar-refractivity contribution in [1.29, 1.82) is 0 Å². The van der Waals surface area contributed by atoms with Crippen LogP contribution < -0.4 is 0 Å². The Bertz CT molecular complexity index is 209. The van der Waals surface area contributed by atoms with Crippen LogP contribution in [-0.2, 0) is 10.3 Å². The summed E-state index contributed by atoms with van der Waals surface area (Å²) >= 11 is 0. The van der Waals surface area contributed by atoms with Gasteiger partial charge in [-0.1, -0.05) is 12.8 Å². The second-order valence-corrected chi connectivity index (χ2v) is 4.20. The summed E-state index contributed by atoms with van der Waals surface area (Å²) in [5, 5.41) is 0. The maximum atomic E-state index is 10.6. The molecule has 1 fully saturated rings. The van der Waals surface area contributed by atoms with Crippen molar-refractivity contribution in [3.63, 3.8) is 0 Å². The van der Waals surface area contributed by atoms with E-state index in [0.29, 0.717) is 13.1 Å². The third kappa shape index (κ3) is 4.20. The summed E-state index contributed by atoms with van der Waals surface area (Å²) in [5.41, 5.74) is 0. The van der Waals surface area contributed by atoms with Gasteiger partial charge >= 0.3 is 39.9 Å². The van der Waals surface area contributed by atoms with Crippen LogP contribution in [-0.4, -0.2) is 59.9 Å². The van der Waals surface area contributed by atoms with Gasteiger partial charge in [-0.15, -0.1) is 0 Å². The van der Waals surface area contributed by atoms with Crippen molar-refractivity contribution in [2.45, 2.75) is 25.7 Å². The summed E-state index contributed by atoms with van der Waals surface area (Å²) < 4.78 is 31.0. The van der Waals surface area contributed by atoms with E-state index in [-0.39, 0.29) is 29.6 Å². The van der Waals surface area contributed by atoms with E-state index in [2.05, 4.69) is 0 Å². The first-order chi connectivity index (χ1) is 5.11. The molecule has 1 rings (SSSR count). The summed E-state index contributed by atoms with van der Waals surface area (Å²) in [7, 11) is -3.92. The molecular formula is C6H14NNaO3S. The van der Waals surface area contributed by atoms with Crippen LogP contribution in [0.1, 0.15) is 25.7 Å². The molecule has 68 valence electrons. The number of hydrogen-bond acceptors (Lipinski definition) is 2. The Hall–Kier alpha value is 0.870. The molecule has 0 unspecified atom stereocenters. The van der Waals surface area contributed by atoms with E-state index < -0.39 is 10.3 Å². The molecule has 1 saturated heterocycles. The summed E-state index contributed by atoms with van der Waals surface area (Å²) in [6, 6.07) is 0. The minimum atomic E-state index is -3.92. The summed E-state index contributed by atoms with van der Waals surface area (Å²) in [6.07, 6.45) is 3.84. The minimum absolute atomic E-state index is 0. The van der Waals surface area contributed by atoms with Gasteiger partial charge in [-0.3, -0.25) is 4.55 Å². The first-order valence-corrected chi connectivity index (χ1v) is 5.23. The van der Waals surface area contributed by atoms with Crippen molar-refractivity contribution in [3.05, 3.63) is 0 Å². The molecular weight excluding hydrogens is 189 g/mol. The topological polar surface area (TPSA) is 57.6 Å². The van der Waals surface area contributed by atoms with Crippen LogP contribution in [0.2, 0.25) is 0 Å². The predicted molar refractivity (Wildman–Crippen MR) is 48.7 cm³/mol. The van der Waals surface area contributed by atoms with Crippen molar-refractivity contribution in [2.75, 3.05) is 13.1 Å². The van der Waals surface area contributed by atoms with Gasteiger partial charge in [0.05, 0.1) is 0 Å². The fourth-order valence-electron chi connectivity index (χ4n) is 1.27. The zero-order chi connectivity index (χ0) is 8.32. The quantitative estimate of drug-likeness (QED) is 0.482. The molecule has 1 aliphatic rings. The Balaban J connectivity index is 0.00000121. The normalized spacial score (nSPS) is 21.1. The Morgan fingerprint density at radius 2 is 1.42 bits per heavy atom. The van der Waals surface area contributed by atoms with Crippen LogP contribution in [0.5, 0.6) is 0 Å². The molecule has 1 aliphatic heterocycles. The Morgan fingerprint density at radius 1 is 1.00 bits per heavy atom. The van der Waals surface area contributed by atoms with E-state index in [4.69, 9.17) is 4.55 Å². The molecule has 0 aromatic rings. The molecule has 0 aromatic carbocycles. The first kappa shape index (κ1) is 12.9. The second-order valence-electron chi connectivity index (χ2n) is 2.79. The van der Waals surface area contributed by atoms with Gasteiger partial charge in [0.25, 0.3) is 0 Å². The second kappa shape index (κ2) is 5.57. The molecule has 6 heteroatoms. The van der Waals surface area contributed by atoms with Crippen LogP contribution >= 0.6 is 0 Å². The van der Waals surface area contributed by atoms with E-state index in [1.807, 2.05) is 0 Å². The third-order valence-electron chi connectivity index (χ3n) is 1.89. The van der Waals surface area contributed by atoms with Crippen LogP contribution in [0.4, 0.5) is 0 Å². The predicted octanol–water partition coefficient (Wildman–Crippen LogP) is 0.0167. The van der Waals surface area contributed by atoms with Gasteiger partial charge in [0.1, 0.15) is 0 Å². The van der Waals surface area contributed by atoms with E-state index in [9.17, 15) is 8.42 Å². The molecule has 0 amide bonds. The van der Waals surface area contributed by atoms with Gasteiger partial charge in [0.15, 0.2) is 0 Å². The van der Waals surface area contributed by atoms with Crippen molar-refractivity contribution in [1.82, 2.24) is 4.31 Å². The SMILES string of the molecule is O=S(=O)(O)N1CCCCCC1.[NaH]. The molecule has 12 heavy (non-hydrogen) atoms. The van der Waals surface area contributed by atoms with E-state index in [1.54, 1.807) is 0 Å². The van der Waals surface area contributed by atoms with Gasteiger partial charge in [0, 0.05) is 13.1 Å². The molecule has 0 atom stereocenters. The summed E-state index contributed by atoms with van der Waals surface area (Å²) in [5.74, 6) is 0. The molecule has 0 spiro atoms. The fourth-order valence-corrected chi connectivity index (χ4v) is 1.99. The Labute approximate surface area is 95.5 Å². The number of rotatable bonds is 1. The molecule has 0 saturated carbocycles. The number of nitrogens with zero attached hydrogens (tertiary/aromatic N) is 1. The van der Waals surface area contributed by atoms with Crippen molar-refractivity contribution in [3.8, 4) is 0 Å². The van der Waals surface area contributed by atoms with Gasteiger partial charge in [-0.2, -0.15) is 12.7 Å². The van der Waals surface area contributed by atoms with Crippen LogP contribution in [0, 0.1) is 0 Å². The van der Waals surface area contributed by atoms with E-state index >= 15 is 0 Å². The van der Waals surface area contributed by atoms with Crippen molar-refractivity contribution in [2.24, 2.45) is 0 Å². The average molecular weight is 203 g/mol. The maximum absolute atomic E-state index is 10.6. The molecule has 0 bridgehead atoms. The summed E-state index contributed by atoms with van der Waals surface area (Å²) in [4.78, 5) is 0. The van der Waals surface area contributed by atoms with Gasteiger partial charge in [0.2, 0.25) is 0 Å². The zero-order valence-electron chi connectivity index (χ0n) is 6.36. The molecule has 0 radical (unpaired) electrons. The molecule has 1 heterocycles. The van der Waals surface area contributed by atoms with E-state index in [1.165, 1.54) is 0 Å². The van der Waals surface area contributed by atoms with Crippen LogP contribution in [0.25, 0.3) is 0 Å². The Kier molecular flexibility index (Phi) is 5.97. The van der Waals surface area contributed by atoms with Crippen molar-refractivity contribution >= 4 is 39.9 Å². The Morgan fingerprint density at radius 3 is 1.75 bits per heavy atom. The number of hydrogen-bond donors (Lipinski definition) is 1. The fraction of sp³-hybridized carbons (Fsp3) is 1.00. The van der Waals surface area contributed by atoms with Crippen LogP contribution in [0.3, 0.4) is 0 Å². The average Bonchev–Trinajstić information content (AvgIpc) is 2.10. The molecule has 0 aromatic heterocycles. The van der Waals surface area contributed by atoms with Gasteiger partial charge in [-0.25, -0.2) is 0 Å². The van der Waals surface area contributed by atoms with Gasteiger partial charge < -0.3 is 0 Å². The third-order valence-corrected chi connectivity index (χ3v) is 2.91. The molecule has 4 nitrogen and oxygen atoms in total. The first-order valence-electron chi connectivity index (χ1n) is 3.83. The zero-order valence-corrected chi connectivity index (χ0v) is 7.18. The molecule has 1 N–H and O–H groups in total. The monoisotopic (exact) mass is 203 g/mol. The van der Waals surface area contributed by atoms with E-state index in [0.717, 1.165) is 30.0 Å². The molecule has 0 aliphatic carbocycles. The van der Waals surface area contributed by atoms with Crippen LogP contribution in [0.15, 0.2) is 0 Å². The standard InChI is InChI=1S/C6H13NO3S.Na.H/c8-11(9,10)7-5-3-1-2-4-6-7;;/h1-6H2,(H,8,9,10);;. The van der Waals surface area contributed by atoms with Gasteiger partial charge in [-0.05, 0) is 12.8 Å². The van der Waals surface area contributed by atoms with Crippen molar-refractivity contribution < 1.29 is 13.0 Å².